The highest BCUT2D eigenvalue weighted by Gasteiger charge is 2.22. The van der Waals surface area contributed by atoms with Crippen LogP contribution in [-0.2, 0) is 11.3 Å². The average molecular weight is 329 g/mol. The van der Waals surface area contributed by atoms with Crippen molar-refractivity contribution in [1.82, 2.24) is 5.32 Å². The van der Waals surface area contributed by atoms with Gasteiger partial charge in [0.2, 0.25) is 5.91 Å². The van der Waals surface area contributed by atoms with E-state index in [0.29, 0.717) is 30.1 Å². The molecule has 1 heterocycles. The minimum absolute atomic E-state index is 0.115. The standard InChI is InChI=1S/C18H17ClN2O2/c19-15-8-6-13(7-9-15)12-20-18(23)14-3-1-4-16(11-14)21-10-2-5-17(21)22/h1,3-4,6-9,11H,2,5,10,12H2,(H,20,23). The molecule has 0 radical (unpaired) electrons. The van der Waals surface area contributed by atoms with E-state index in [9.17, 15) is 9.59 Å². The normalized spacial score (nSPS) is 14.1. The van der Waals surface area contributed by atoms with Crippen LogP contribution in [-0.4, -0.2) is 18.4 Å². The maximum atomic E-state index is 12.3. The van der Waals surface area contributed by atoms with Crippen LogP contribution in [0.15, 0.2) is 48.5 Å². The number of nitrogens with one attached hydrogen (secondary N) is 1. The smallest absolute Gasteiger partial charge is 0.251 e. The van der Waals surface area contributed by atoms with Gasteiger partial charge in [0.05, 0.1) is 0 Å². The van der Waals surface area contributed by atoms with Crippen LogP contribution in [0.25, 0.3) is 0 Å². The molecule has 2 aromatic carbocycles. The molecule has 0 aliphatic carbocycles. The van der Waals surface area contributed by atoms with Gasteiger partial charge in [0.15, 0.2) is 0 Å². The first kappa shape index (κ1) is 15.6. The second kappa shape index (κ2) is 6.84. The van der Waals surface area contributed by atoms with E-state index in [-0.39, 0.29) is 11.8 Å². The molecule has 1 saturated heterocycles. The summed E-state index contributed by atoms with van der Waals surface area (Å²) in [5, 5.41) is 3.55. The summed E-state index contributed by atoms with van der Waals surface area (Å²) >= 11 is 5.84. The fourth-order valence-electron chi connectivity index (χ4n) is 2.62. The number of carbonyl (C=O) groups is 2. The molecule has 3 rings (SSSR count). The van der Waals surface area contributed by atoms with E-state index in [1.165, 1.54) is 0 Å². The molecule has 0 spiro atoms. The van der Waals surface area contributed by atoms with Crippen molar-refractivity contribution in [3.63, 3.8) is 0 Å². The molecular formula is C18H17ClN2O2. The van der Waals surface area contributed by atoms with Crippen molar-refractivity contribution in [2.75, 3.05) is 11.4 Å². The van der Waals surface area contributed by atoms with Gasteiger partial charge in [-0.15, -0.1) is 0 Å². The molecule has 2 amide bonds. The lowest BCUT2D eigenvalue weighted by Gasteiger charge is -2.16. The van der Waals surface area contributed by atoms with Crippen LogP contribution in [0.4, 0.5) is 5.69 Å². The molecule has 1 aliphatic heterocycles. The Morgan fingerprint density at radius 3 is 2.65 bits per heavy atom. The second-order valence-electron chi connectivity index (χ2n) is 5.51. The summed E-state index contributed by atoms with van der Waals surface area (Å²) in [5.74, 6) is -0.0443. The largest absolute Gasteiger partial charge is 0.348 e. The minimum Gasteiger partial charge on any atom is -0.348 e. The van der Waals surface area contributed by atoms with Crippen LogP contribution in [0.2, 0.25) is 5.02 Å². The van der Waals surface area contributed by atoms with E-state index < -0.39 is 0 Å². The Hall–Kier alpha value is -2.33. The number of carbonyl (C=O) groups excluding carboxylic acids is 2. The summed E-state index contributed by atoms with van der Waals surface area (Å²) in [7, 11) is 0. The van der Waals surface area contributed by atoms with Crippen molar-refractivity contribution >= 4 is 29.1 Å². The third-order valence-corrected chi connectivity index (χ3v) is 4.11. The van der Waals surface area contributed by atoms with Gasteiger partial charge in [-0.25, -0.2) is 0 Å². The molecule has 23 heavy (non-hydrogen) atoms. The summed E-state index contributed by atoms with van der Waals surface area (Å²) in [6.45, 7) is 1.15. The third kappa shape index (κ3) is 3.71. The molecule has 0 bridgehead atoms. The Balaban J connectivity index is 1.67. The Morgan fingerprint density at radius 1 is 1.17 bits per heavy atom. The number of hydrogen-bond donors (Lipinski definition) is 1. The van der Waals surface area contributed by atoms with Crippen molar-refractivity contribution in [2.24, 2.45) is 0 Å². The van der Waals surface area contributed by atoms with Crippen molar-refractivity contribution in [3.05, 3.63) is 64.7 Å². The molecule has 0 aromatic heterocycles. The number of rotatable bonds is 4. The summed E-state index contributed by atoms with van der Waals surface area (Å²) in [4.78, 5) is 25.8. The van der Waals surface area contributed by atoms with E-state index >= 15 is 0 Å². The molecule has 4 nitrogen and oxygen atoms in total. The van der Waals surface area contributed by atoms with E-state index in [2.05, 4.69) is 5.32 Å². The molecule has 2 aromatic rings. The maximum Gasteiger partial charge on any atom is 0.251 e. The zero-order valence-corrected chi connectivity index (χ0v) is 13.3. The zero-order chi connectivity index (χ0) is 16.2. The number of amides is 2. The van der Waals surface area contributed by atoms with Crippen molar-refractivity contribution in [1.29, 1.82) is 0 Å². The Bertz CT molecular complexity index is 728. The van der Waals surface area contributed by atoms with E-state index in [4.69, 9.17) is 11.6 Å². The Morgan fingerprint density at radius 2 is 1.96 bits per heavy atom. The number of hydrogen-bond acceptors (Lipinski definition) is 2. The summed E-state index contributed by atoms with van der Waals surface area (Å²) in [6, 6.07) is 14.5. The van der Waals surface area contributed by atoms with Crippen LogP contribution >= 0.6 is 11.6 Å². The number of halogens is 1. The summed E-state index contributed by atoms with van der Waals surface area (Å²) in [6.07, 6.45) is 1.44. The fourth-order valence-corrected chi connectivity index (χ4v) is 2.75. The first-order valence-corrected chi connectivity index (χ1v) is 7.94. The number of benzene rings is 2. The Labute approximate surface area is 140 Å². The van der Waals surface area contributed by atoms with Crippen LogP contribution in [0.5, 0.6) is 0 Å². The van der Waals surface area contributed by atoms with Gasteiger partial charge in [-0.05, 0) is 42.3 Å². The fraction of sp³-hybridized carbons (Fsp3) is 0.222. The first-order chi connectivity index (χ1) is 11.1. The van der Waals surface area contributed by atoms with Gasteiger partial charge in [0.1, 0.15) is 0 Å². The van der Waals surface area contributed by atoms with Crippen molar-refractivity contribution < 1.29 is 9.59 Å². The van der Waals surface area contributed by atoms with Gasteiger partial charge < -0.3 is 10.2 Å². The first-order valence-electron chi connectivity index (χ1n) is 7.56. The lowest BCUT2D eigenvalue weighted by atomic mass is 10.1. The molecule has 1 aliphatic rings. The van der Waals surface area contributed by atoms with Gasteiger partial charge in [-0.3, -0.25) is 9.59 Å². The van der Waals surface area contributed by atoms with Crippen LogP contribution < -0.4 is 10.2 Å². The monoisotopic (exact) mass is 328 g/mol. The zero-order valence-electron chi connectivity index (χ0n) is 12.6. The summed E-state index contributed by atoms with van der Waals surface area (Å²) in [5.41, 5.74) is 2.32. The lowest BCUT2D eigenvalue weighted by molar-refractivity contribution is -0.117. The Kier molecular flexibility index (Phi) is 4.63. The van der Waals surface area contributed by atoms with Gasteiger partial charge in [-0.1, -0.05) is 29.8 Å². The highest BCUT2D eigenvalue weighted by Crippen LogP contribution is 2.22. The highest BCUT2D eigenvalue weighted by molar-refractivity contribution is 6.30. The lowest BCUT2D eigenvalue weighted by Crippen LogP contribution is -2.25. The molecule has 118 valence electrons. The highest BCUT2D eigenvalue weighted by atomic mass is 35.5. The van der Waals surface area contributed by atoms with E-state index in [1.54, 1.807) is 35.2 Å². The summed E-state index contributed by atoms with van der Waals surface area (Å²) < 4.78 is 0. The molecule has 5 heteroatoms. The van der Waals surface area contributed by atoms with Crippen LogP contribution in [0.1, 0.15) is 28.8 Å². The van der Waals surface area contributed by atoms with Gasteiger partial charge in [0, 0.05) is 35.8 Å². The number of anilines is 1. The second-order valence-corrected chi connectivity index (χ2v) is 5.94. The van der Waals surface area contributed by atoms with E-state index in [1.807, 2.05) is 18.2 Å². The van der Waals surface area contributed by atoms with Crippen LogP contribution in [0, 0.1) is 0 Å². The SMILES string of the molecule is O=C(NCc1ccc(Cl)cc1)c1cccc(N2CCCC2=O)c1. The molecule has 0 unspecified atom stereocenters. The van der Waals surface area contributed by atoms with Crippen LogP contribution in [0.3, 0.4) is 0 Å². The minimum atomic E-state index is -0.159. The molecule has 1 N–H and O–H groups in total. The molecule has 0 atom stereocenters. The predicted octanol–water partition coefficient (Wildman–Crippen LogP) is 3.40. The van der Waals surface area contributed by atoms with Crippen molar-refractivity contribution in [2.45, 2.75) is 19.4 Å². The topological polar surface area (TPSA) is 49.4 Å². The average Bonchev–Trinajstić information content (AvgIpc) is 3.00. The third-order valence-electron chi connectivity index (χ3n) is 3.86. The predicted molar refractivity (Wildman–Crippen MR) is 90.7 cm³/mol. The maximum absolute atomic E-state index is 12.3. The van der Waals surface area contributed by atoms with Gasteiger partial charge in [-0.2, -0.15) is 0 Å². The van der Waals surface area contributed by atoms with Crippen molar-refractivity contribution in [3.8, 4) is 0 Å². The van der Waals surface area contributed by atoms with E-state index in [0.717, 1.165) is 17.7 Å². The quantitative estimate of drug-likeness (QED) is 0.935. The molecular weight excluding hydrogens is 312 g/mol. The van der Waals surface area contributed by atoms with Gasteiger partial charge in [0.25, 0.3) is 5.91 Å². The molecule has 0 saturated carbocycles. The van der Waals surface area contributed by atoms with Gasteiger partial charge >= 0.3 is 0 Å². The number of nitrogens with zero attached hydrogens (tertiary/aromatic N) is 1. The molecule has 1 fully saturated rings.